The second-order valence-electron chi connectivity index (χ2n) is 7.01. The third-order valence-corrected chi connectivity index (χ3v) is 4.89. The lowest BCUT2D eigenvalue weighted by atomic mass is 10.1. The Morgan fingerprint density at radius 3 is 2.33 bits per heavy atom. The smallest absolute Gasteiger partial charge is 0.270 e. The van der Waals surface area contributed by atoms with E-state index in [1.54, 1.807) is 46.2 Å². The van der Waals surface area contributed by atoms with Crippen LogP contribution in [0.3, 0.4) is 0 Å². The fraction of sp³-hybridized carbons (Fsp3) is 0.190. The first-order valence-corrected chi connectivity index (χ1v) is 9.70. The molecule has 0 fully saturated rings. The maximum absolute atomic E-state index is 13.0. The first-order valence-electron chi connectivity index (χ1n) is 9.32. The second-order valence-corrected chi connectivity index (χ2v) is 7.45. The SMILES string of the molecule is CC(NC(=O)c1cc(-c2ccc(Cl)cc2)nc(-c2cnn(C)c2)n1)c1cnn(C)c1. The number of amides is 1. The second kappa shape index (κ2) is 8.08. The zero-order chi connectivity index (χ0) is 21.3. The van der Waals surface area contributed by atoms with Crippen LogP contribution in [-0.2, 0) is 14.1 Å². The summed E-state index contributed by atoms with van der Waals surface area (Å²) in [5.74, 6) is 0.129. The van der Waals surface area contributed by atoms with Crippen LogP contribution in [0.15, 0.2) is 55.1 Å². The molecule has 3 heterocycles. The van der Waals surface area contributed by atoms with Crippen LogP contribution in [0.4, 0.5) is 0 Å². The van der Waals surface area contributed by atoms with Gasteiger partial charge in [0.15, 0.2) is 5.82 Å². The zero-order valence-corrected chi connectivity index (χ0v) is 17.5. The molecule has 1 atom stereocenters. The Morgan fingerprint density at radius 2 is 1.70 bits per heavy atom. The lowest BCUT2D eigenvalue weighted by Crippen LogP contribution is -2.27. The molecule has 4 aromatic rings. The van der Waals surface area contributed by atoms with E-state index in [0.29, 0.717) is 16.5 Å². The van der Waals surface area contributed by atoms with E-state index in [2.05, 4.69) is 25.5 Å². The third-order valence-electron chi connectivity index (χ3n) is 4.63. The van der Waals surface area contributed by atoms with Gasteiger partial charge in [-0.05, 0) is 25.1 Å². The van der Waals surface area contributed by atoms with Gasteiger partial charge in [-0.15, -0.1) is 0 Å². The Balaban J connectivity index is 1.71. The molecular formula is C21H20ClN7O. The molecule has 0 radical (unpaired) electrons. The van der Waals surface area contributed by atoms with Crippen LogP contribution >= 0.6 is 11.6 Å². The summed E-state index contributed by atoms with van der Waals surface area (Å²) in [5.41, 5.74) is 3.36. The van der Waals surface area contributed by atoms with Gasteiger partial charge in [0, 0.05) is 42.6 Å². The van der Waals surface area contributed by atoms with Crippen molar-refractivity contribution in [2.75, 3.05) is 0 Å². The third kappa shape index (κ3) is 4.23. The standard InChI is InChI=1S/C21H20ClN7O/c1-13(15-9-23-28(2)11-15)25-21(30)19-8-18(14-4-6-17(22)7-5-14)26-20(27-19)16-10-24-29(3)12-16/h4-13H,1-3H3,(H,25,30). The fourth-order valence-corrected chi connectivity index (χ4v) is 3.14. The van der Waals surface area contributed by atoms with Crippen LogP contribution in [-0.4, -0.2) is 35.4 Å². The molecule has 1 amide bonds. The van der Waals surface area contributed by atoms with Crippen molar-refractivity contribution in [3.05, 3.63) is 71.4 Å². The highest BCUT2D eigenvalue weighted by Crippen LogP contribution is 2.24. The molecule has 0 saturated heterocycles. The average molecular weight is 422 g/mol. The van der Waals surface area contributed by atoms with E-state index < -0.39 is 0 Å². The normalized spacial score (nSPS) is 12.0. The molecule has 4 rings (SSSR count). The Morgan fingerprint density at radius 1 is 1.00 bits per heavy atom. The summed E-state index contributed by atoms with van der Waals surface area (Å²) in [5, 5.41) is 11.9. The van der Waals surface area contributed by atoms with Gasteiger partial charge >= 0.3 is 0 Å². The van der Waals surface area contributed by atoms with Gasteiger partial charge in [0.2, 0.25) is 0 Å². The number of hydrogen-bond acceptors (Lipinski definition) is 5. The van der Waals surface area contributed by atoms with E-state index in [0.717, 1.165) is 16.7 Å². The quantitative estimate of drug-likeness (QED) is 0.533. The largest absolute Gasteiger partial charge is 0.344 e. The van der Waals surface area contributed by atoms with Gasteiger partial charge in [0.1, 0.15) is 5.69 Å². The van der Waals surface area contributed by atoms with Crippen LogP contribution in [0.5, 0.6) is 0 Å². The minimum atomic E-state index is -0.297. The predicted molar refractivity (Wildman–Crippen MR) is 114 cm³/mol. The number of benzene rings is 1. The Bertz CT molecular complexity index is 1200. The summed E-state index contributed by atoms with van der Waals surface area (Å²) in [7, 11) is 3.65. The maximum atomic E-state index is 13.0. The predicted octanol–water partition coefficient (Wildman–Crippen LogP) is 3.42. The molecule has 0 aliphatic carbocycles. The van der Waals surface area contributed by atoms with Crippen molar-refractivity contribution in [3.63, 3.8) is 0 Å². The van der Waals surface area contributed by atoms with Gasteiger partial charge in [-0.2, -0.15) is 10.2 Å². The Kier molecular flexibility index (Phi) is 5.33. The number of nitrogens with zero attached hydrogens (tertiary/aromatic N) is 6. The summed E-state index contributed by atoms with van der Waals surface area (Å²) in [6, 6.07) is 8.74. The number of nitrogens with one attached hydrogen (secondary N) is 1. The fourth-order valence-electron chi connectivity index (χ4n) is 3.02. The first-order chi connectivity index (χ1) is 14.4. The average Bonchev–Trinajstić information content (AvgIpc) is 3.36. The number of hydrogen-bond donors (Lipinski definition) is 1. The van der Waals surface area contributed by atoms with Crippen molar-refractivity contribution in [1.82, 2.24) is 34.8 Å². The van der Waals surface area contributed by atoms with E-state index in [1.807, 2.05) is 39.3 Å². The van der Waals surface area contributed by atoms with Crippen LogP contribution in [0, 0.1) is 0 Å². The molecule has 1 N–H and O–H groups in total. The van der Waals surface area contributed by atoms with Crippen LogP contribution in [0.1, 0.15) is 29.0 Å². The minimum absolute atomic E-state index is 0.220. The van der Waals surface area contributed by atoms with E-state index >= 15 is 0 Å². The van der Waals surface area contributed by atoms with Gasteiger partial charge in [-0.1, -0.05) is 23.7 Å². The highest BCUT2D eigenvalue weighted by atomic mass is 35.5. The number of aryl methyl sites for hydroxylation is 2. The number of rotatable bonds is 5. The van der Waals surface area contributed by atoms with Gasteiger partial charge < -0.3 is 5.32 Å². The Labute approximate surface area is 178 Å². The molecule has 30 heavy (non-hydrogen) atoms. The van der Waals surface area contributed by atoms with Crippen LogP contribution in [0.25, 0.3) is 22.6 Å². The molecular weight excluding hydrogens is 402 g/mol. The van der Waals surface area contributed by atoms with Crippen molar-refractivity contribution in [2.24, 2.45) is 14.1 Å². The molecule has 0 bridgehead atoms. The molecule has 0 saturated carbocycles. The van der Waals surface area contributed by atoms with E-state index in [9.17, 15) is 4.79 Å². The van der Waals surface area contributed by atoms with Crippen LogP contribution < -0.4 is 5.32 Å². The van der Waals surface area contributed by atoms with Crippen molar-refractivity contribution in [3.8, 4) is 22.6 Å². The maximum Gasteiger partial charge on any atom is 0.270 e. The van der Waals surface area contributed by atoms with Gasteiger partial charge in [0.05, 0.1) is 29.7 Å². The zero-order valence-electron chi connectivity index (χ0n) is 16.7. The lowest BCUT2D eigenvalue weighted by Gasteiger charge is -2.13. The van der Waals surface area contributed by atoms with Gasteiger partial charge in [0.25, 0.3) is 5.91 Å². The highest BCUT2D eigenvalue weighted by molar-refractivity contribution is 6.30. The van der Waals surface area contributed by atoms with E-state index in [4.69, 9.17) is 11.6 Å². The van der Waals surface area contributed by atoms with Gasteiger partial charge in [-0.3, -0.25) is 14.2 Å². The molecule has 9 heteroatoms. The number of aromatic nitrogens is 6. The van der Waals surface area contributed by atoms with Crippen molar-refractivity contribution < 1.29 is 4.79 Å². The summed E-state index contributed by atoms with van der Waals surface area (Å²) < 4.78 is 3.36. The molecule has 0 spiro atoms. The van der Waals surface area contributed by atoms with E-state index in [1.165, 1.54) is 0 Å². The first kappa shape index (κ1) is 19.8. The molecule has 152 valence electrons. The van der Waals surface area contributed by atoms with E-state index in [-0.39, 0.29) is 17.6 Å². The molecule has 1 unspecified atom stereocenters. The summed E-state index contributed by atoms with van der Waals surface area (Å²) >= 11 is 6.01. The summed E-state index contributed by atoms with van der Waals surface area (Å²) in [6.45, 7) is 1.90. The number of carbonyl (C=O) groups is 1. The van der Waals surface area contributed by atoms with Gasteiger partial charge in [-0.25, -0.2) is 9.97 Å². The lowest BCUT2D eigenvalue weighted by molar-refractivity contribution is 0.0935. The summed E-state index contributed by atoms with van der Waals surface area (Å²) in [6.07, 6.45) is 7.07. The Hall–Kier alpha value is -3.52. The number of carbonyl (C=O) groups excluding carboxylic acids is 1. The molecule has 3 aromatic heterocycles. The van der Waals surface area contributed by atoms with Crippen molar-refractivity contribution >= 4 is 17.5 Å². The monoisotopic (exact) mass is 421 g/mol. The van der Waals surface area contributed by atoms with Crippen molar-refractivity contribution in [1.29, 1.82) is 0 Å². The highest BCUT2D eigenvalue weighted by Gasteiger charge is 2.18. The molecule has 1 aromatic carbocycles. The number of halogens is 1. The topological polar surface area (TPSA) is 90.5 Å². The minimum Gasteiger partial charge on any atom is -0.344 e. The van der Waals surface area contributed by atoms with Crippen molar-refractivity contribution in [2.45, 2.75) is 13.0 Å². The van der Waals surface area contributed by atoms with Crippen LogP contribution in [0.2, 0.25) is 5.02 Å². The summed E-state index contributed by atoms with van der Waals surface area (Å²) in [4.78, 5) is 22.1. The molecule has 0 aliphatic heterocycles. The molecule has 8 nitrogen and oxygen atoms in total. The molecule has 0 aliphatic rings.